The fourth-order valence-corrected chi connectivity index (χ4v) is 0.984. The topological polar surface area (TPSA) is 62.1 Å². The highest BCUT2D eigenvalue weighted by Gasteiger charge is 2.01. The molecule has 0 saturated heterocycles. The Morgan fingerprint density at radius 1 is 1.64 bits per heavy atom. The van der Waals surface area contributed by atoms with Crippen molar-refractivity contribution in [3.05, 3.63) is 29.3 Å². The zero-order valence-corrected chi connectivity index (χ0v) is 7.91. The zero-order chi connectivity index (χ0) is 10.4. The Kier molecular flexibility index (Phi) is 3.77. The molecule has 1 rings (SSSR count). The Morgan fingerprint density at radius 2 is 2.43 bits per heavy atom. The van der Waals surface area contributed by atoms with E-state index in [9.17, 15) is 4.79 Å². The van der Waals surface area contributed by atoms with Crippen LogP contribution in [0.25, 0.3) is 0 Å². The number of hydrogen-bond donors (Lipinski definition) is 1. The van der Waals surface area contributed by atoms with E-state index in [0.717, 1.165) is 0 Å². The number of rotatable bonds is 3. The van der Waals surface area contributed by atoms with Crippen LogP contribution in [0.2, 0.25) is 5.02 Å². The van der Waals surface area contributed by atoms with Gasteiger partial charge in [0, 0.05) is 5.02 Å². The molecule has 1 N–H and O–H groups in total. The van der Waals surface area contributed by atoms with E-state index in [1.165, 1.54) is 6.19 Å². The monoisotopic (exact) mass is 210 g/mol. The van der Waals surface area contributed by atoms with Crippen molar-refractivity contribution in [2.75, 3.05) is 6.61 Å². The summed E-state index contributed by atoms with van der Waals surface area (Å²) < 4.78 is 5.05. The van der Waals surface area contributed by atoms with E-state index < -0.39 is 5.91 Å². The number of nitrogens with zero attached hydrogens (tertiary/aromatic N) is 1. The summed E-state index contributed by atoms with van der Waals surface area (Å²) in [4.78, 5) is 10.8. The van der Waals surface area contributed by atoms with Crippen LogP contribution in [0.4, 0.5) is 0 Å². The maximum absolute atomic E-state index is 10.8. The van der Waals surface area contributed by atoms with Crippen LogP contribution in [-0.4, -0.2) is 12.5 Å². The molecule has 0 radical (unpaired) electrons. The van der Waals surface area contributed by atoms with Gasteiger partial charge in [-0.25, -0.2) is 0 Å². The number of ether oxygens (including phenoxy) is 1. The molecule has 0 fully saturated rings. The van der Waals surface area contributed by atoms with Gasteiger partial charge in [-0.1, -0.05) is 17.7 Å². The average molecular weight is 211 g/mol. The average Bonchev–Trinajstić information content (AvgIpc) is 2.15. The summed E-state index contributed by atoms with van der Waals surface area (Å²) in [6.45, 7) is -0.200. The second-order valence-corrected chi connectivity index (χ2v) is 2.84. The number of amides is 1. The normalized spacial score (nSPS) is 8.86. The Bertz CT molecular complexity index is 373. The predicted octanol–water partition coefficient (Wildman–Crippen LogP) is 1.32. The van der Waals surface area contributed by atoms with Crippen molar-refractivity contribution in [3.63, 3.8) is 0 Å². The van der Waals surface area contributed by atoms with Crippen molar-refractivity contribution in [2.45, 2.75) is 0 Å². The first-order chi connectivity index (χ1) is 6.72. The van der Waals surface area contributed by atoms with Crippen molar-refractivity contribution < 1.29 is 9.53 Å². The number of carbonyl (C=O) groups excluding carboxylic acids is 1. The molecule has 0 spiro atoms. The van der Waals surface area contributed by atoms with Gasteiger partial charge in [-0.05, 0) is 18.2 Å². The molecule has 0 aliphatic heterocycles. The lowest BCUT2D eigenvalue weighted by atomic mass is 10.3. The molecule has 0 aliphatic rings. The third-order valence-electron chi connectivity index (χ3n) is 1.36. The summed E-state index contributed by atoms with van der Waals surface area (Å²) in [6.07, 6.45) is 1.51. The Morgan fingerprint density at radius 3 is 3.07 bits per heavy atom. The molecular weight excluding hydrogens is 204 g/mol. The summed E-state index contributed by atoms with van der Waals surface area (Å²) >= 11 is 5.69. The molecule has 72 valence electrons. The van der Waals surface area contributed by atoms with E-state index in [0.29, 0.717) is 10.8 Å². The first kappa shape index (κ1) is 10.4. The van der Waals surface area contributed by atoms with Crippen molar-refractivity contribution >= 4 is 17.5 Å². The summed E-state index contributed by atoms with van der Waals surface area (Å²) in [5, 5.41) is 10.6. The van der Waals surface area contributed by atoms with Gasteiger partial charge in [0.1, 0.15) is 5.75 Å². The number of carbonyl (C=O) groups is 1. The van der Waals surface area contributed by atoms with E-state index in [4.69, 9.17) is 21.6 Å². The molecule has 0 bridgehead atoms. The van der Waals surface area contributed by atoms with Crippen molar-refractivity contribution in [3.8, 4) is 11.9 Å². The molecular formula is C9H7ClN2O2. The van der Waals surface area contributed by atoms with E-state index in [2.05, 4.69) is 0 Å². The minimum atomic E-state index is -0.493. The van der Waals surface area contributed by atoms with E-state index in [1.807, 2.05) is 5.32 Å². The number of benzene rings is 1. The molecule has 0 heterocycles. The smallest absolute Gasteiger partial charge is 0.270 e. The van der Waals surface area contributed by atoms with Gasteiger partial charge in [0.15, 0.2) is 12.8 Å². The van der Waals surface area contributed by atoms with Gasteiger partial charge in [-0.15, -0.1) is 0 Å². The van der Waals surface area contributed by atoms with Gasteiger partial charge in [-0.2, -0.15) is 5.26 Å². The van der Waals surface area contributed by atoms with Crippen molar-refractivity contribution in [1.29, 1.82) is 5.26 Å². The third-order valence-corrected chi connectivity index (χ3v) is 1.60. The fraction of sp³-hybridized carbons (Fsp3) is 0.111. The van der Waals surface area contributed by atoms with Crippen LogP contribution in [0.1, 0.15) is 0 Å². The Balaban J connectivity index is 2.46. The molecule has 4 nitrogen and oxygen atoms in total. The summed E-state index contributed by atoms with van der Waals surface area (Å²) in [5.41, 5.74) is 0. The highest BCUT2D eigenvalue weighted by molar-refractivity contribution is 6.30. The largest absolute Gasteiger partial charge is 0.484 e. The standard InChI is InChI=1S/C9H7ClN2O2/c10-7-2-1-3-8(4-7)14-5-9(13)12-6-11/h1-4H,5H2,(H,12,13). The van der Waals surface area contributed by atoms with Gasteiger partial charge in [0.2, 0.25) is 0 Å². The van der Waals surface area contributed by atoms with Crippen LogP contribution in [0, 0.1) is 11.5 Å². The minimum Gasteiger partial charge on any atom is -0.484 e. The summed E-state index contributed by atoms with van der Waals surface area (Å²) in [5.74, 6) is -0.00179. The Hall–Kier alpha value is -1.73. The molecule has 1 amide bonds. The van der Waals surface area contributed by atoms with Crippen LogP contribution in [0.5, 0.6) is 5.75 Å². The fourth-order valence-electron chi connectivity index (χ4n) is 0.804. The molecule has 0 aliphatic carbocycles. The molecule has 14 heavy (non-hydrogen) atoms. The molecule has 0 saturated carbocycles. The van der Waals surface area contributed by atoms with E-state index in [-0.39, 0.29) is 6.61 Å². The second-order valence-electron chi connectivity index (χ2n) is 2.41. The lowest BCUT2D eigenvalue weighted by Gasteiger charge is -2.03. The van der Waals surface area contributed by atoms with Gasteiger partial charge in [-0.3, -0.25) is 10.1 Å². The molecule has 0 atom stereocenters. The van der Waals surface area contributed by atoms with Crippen LogP contribution in [0.15, 0.2) is 24.3 Å². The van der Waals surface area contributed by atoms with E-state index >= 15 is 0 Å². The van der Waals surface area contributed by atoms with Crippen molar-refractivity contribution in [1.82, 2.24) is 5.32 Å². The van der Waals surface area contributed by atoms with Gasteiger partial charge >= 0.3 is 0 Å². The molecule has 1 aromatic rings. The van der Waals surface area contributed by atoms with Gasteiger partial charge in [0.25, 0.3) is 5.91 Å². The minimum absolute atomic E-state index is 0.200. The molecule has 0 unspecified atom stereocenters. The van der Waals surface area contributed by atoms with Gasteiger partial charge in [0.05, 0.1) is 0 Å². The number of nitrogens with one attached hydrogen (secondary N) is 1. The number of nitriles is 1. The lowest BCUT2D eigenvalue weighted by Crippen LogP contribution is -2.24. The maximum Gasteiger partial charge on any atom is 0.270 e. The summed E-state index contributed by atoms with van der Waals surface area (Å²) in [7, 11) is 0. The predicted molar refractivity (Wildman–Crippen MR) is 50.7 cm³/mol. The van der Waals surface area contributed by atoms with Gasteiger partial charge < -0.3 is 4.74 Å². The van der Waals surface area contributed by atoms with Crippen LogP contribution in [0.3, 0.4) is 0 Å². The molecule has 0 aromatic heterocycles. The zero-order valence-electron chi connectivity index (χ0n) is 7.16. The lowest BCUT2D eigenvalue weighted by molar-refractivity contribution is -0.121. The van der Waals surface area contributed by atoms with Crippen LogP contribution < -0.4 is 10.1 Å². The molecule has 1 aromatic carbocycles. The SMILES string of the molecule is N#CNC(=O)COc1cccc(Cl)c1. The maximum atomic E-state index is 10.8. The van der Waals surface area contributed by atoms with Crippen molar-refractivity contribution in [2.24, 2.45) is 0 Å². The Labute approximate surface area is 86.0 Å². The molecule has 5 heteroatoms. The van der Waals surface area contributed by atoms with E-state index in [1.54, 1.807) is 24.3 Å². The second kappa shape index (κ2) is 5.10. The van der Waals surface area contributed by atoms with Crippen LogP contribution >= 0.6 is 11.6 Å². The number of hydrogen-bond acceptors (Lipinski definition) is 3. The quantitative estimate of drug-likeness (QED) is 0.605. The first-order valence-corrected chi connectivity index (χ1v) is 4.16. The highest BCUT2D eigenvalue weighted by Crippen LogP contribution is 2.16. The summed E-state index contributed by atoms with van der Waals surface area (Å²) in [6, 6.07) is 6.66. The van der Waals surface area contributed by atoms with Crippen LogP contribution in [-0.2, 0) is 4.79 Å². The highest BCUT2D eigenvalue weighted by atomic mass is 35.5. The first-order valence-electron chi connectivity index (χ1n) is 3.78. The third kappa shape index (κ3) is 3.33. The number of halogens is 1.